The van der Waals surface area contributed by atoms with Crippen LogP contribution in [-0.4, -0.2) is 18.8 Å². The largest absolute Gasteiger partial charge is 0.311 e. The van der Waals surface area contributed by atoms with E-state index in [9.17, 15) is 0 Å². The highest BCUT2D eigenvalue weighted by Crippen LogP contribution is 2.41. The molecular formula is C62H44N6. The summed E-state index contributed by atoms with van der Waals surface area (Å²) in [6, 6.07) is 89.7. The number of rotatable bonds is 11. The van der Waals surface area contributed by atoms with Crippen LogP contribution in [0.25, 0.3) is 67.5 Å². The minimum Gasteiger partial charge on any atom is -0.311 e. The molecule has 12 rings (SSSR count). The Kier molecular flexibility index (Phi) is 10.4. The van der Waals surface area contributed by atoms with Crippen LogP contribution < -0.4 is 9.80 Å². The zero-order chi connectivity index (χ0) is 45.2. The van der Waals surface area contributed by atoms with Gasteiger partial charge in [-0.15, -0.1) is 0 Å². The lowest BCUT2D eigenvalue weighted by Crippen LogP contribution is -2.10. The number of benzene rings is 8. The van der Waals surface area contributed by atoms with Gasteiger partial charge in [0, 0.05) is 68.8 Å². The van der Waals surface area contributed by atoms with E-state index in [1.54, 1.807) is 0 Å². The van der Waals surface area contributed by atoms with Crippen LogP contribution >= 0.6 is 0 Å². The summed E-state index contributed by atoms with van der Waals surface area (Å²) in [6.45, 7) is 0. The SMILES string of the molecule is c1ccc(-c2nc3ccccn3c2-c2ccc(N(c3ccccc3)c3ccc(-c4ccc(N(c5ccccc5)c5ccc(-c6nc7ccccn7c6-c6ccccc6)cc5)cc4)cc3)cc2)cc1. The van der Waals surface area contributed by atoms with Gasteiger partial charge in [-0.1, -0.05) is 158 Å². The van der Waals surface area contributed by atoms with E-state index in [-0.39, 0.29) is 0 Å². The van der Waals surface area contributed by atoms with Crippen molar-refractivity contribution < 1.29 is 0 Å². The second kappa shape index (κ2) is 17.6. The van der Waals surface area contributed by atoms with Gasteiger partial charge in [0.25, 0.3) is 0 Å². The van der Waals surface area contributed by atoms with Crippen molar-refractivity contribution in [3.05, 3.63) is 267 Å². The minimum atomic E-state index is 0.920. The van der Waals surface area contributed by atoms with Gasteiger partial charge in [0.1, 0.15) is 11.3 Å². The number of anilines is 6. The highest BCUT2D eigenvalue weighted by atomic mass is 15.1. The van der Waals surface area contributed by atoms with Crippen LogP contribution in [0.3, 0.4) is 0 Å². The molecule has 322 valence electrons. The molecular weight excluding hydrogens is 829 g/mol. The molecule has 4 heterocycles. The number of hydrogen-bond acceptors (Lipinski definition) is 4. The standard InChI is InChI=1S/C62H44N6/c1-5-17-47(18-6-1)59-62(66-44-16-14-25-57(66)63-59)50-33-41-56(42-34-50)68(52-23-11-4-12-24-52)54-37-29-46(30-38-54)45-27-35-53(36-28-45)67(51-21-9-3-10-22-51)55-39-31-48(32-40-55)60-61(49-19-7-2-8-20-49)65-43-15-13-26-58(65)64-60/h1-44H. The Balaban J connectivity index is 0.842. The van der Waals surface area contributed by atoms with E-state index >= 15 is 0 Å². The third-order valence-electron chi connectivity index (χ3n) is 12.6. The maximum absolute atomic E-state index is 5.11. The summed E-state index contributed by atoms with van der Waals surface area (Å²) >= 11 is 0. The molecule has 0 unspecified atom stereocenters. The Morgan fingerprint density at radius 3 is 0.912 bits per heavy atom. The number of imidazole rings is 2. The summed E-state index contributed by atoms with van der Waals surface area (Å²) in [4.78, 5) is 14.8. The summed E-state index contributed by atoms with van der Waals surface area (Å²) < 4.78 is 4.36. The molecule has 0 saturated carbocycles. The van der Waals surface area contributed by atoms with Crippen molar-refractivity contribution in [1.82, 2.24) is 18.8 Å². The fourth-order valence-corrected chi connectivity index (χ4v) is 9.33. The predicted octanol–water partition coefficient (Wildman–Crippen LogP) is 16.3. The van der Waals surface area contributed by atoms with E-state index in [0.29, 0.717) is 0 Å². The van der Waals surface area contributed by atoms with E-state index in [4.69, 9.17) is 9.97 Å². The number of fused-ring (bicyclic) bond motifs is 2. The lowest BCUT2D eigenvalue weighted by molar-refractivity contribution is 1.19. The molecule has 0 fully saturated rings. The molecule has 12 aromatic rings. The average molecular weight is 873 g/mol. The summed E-state index contributed by atoms with van der Waals surface area (Å²) in [7, 11) is 0. The molecule has 0 spiro atoms. The topological polar surface area (TPSA) is 41.1 Å². The zero-order valence-electron chi connectivity index (χ0n) is 37.1. The monoisotopic (exact) mass is 872 g/mol. The van der Waals surface area contributed by atoms with Crippen molar-refractivity contribution in [3.8, 4) is 56.2 Å². The van der Waals surface area contributed by atoms with Gasteiger partial charge in [0.05, 0.1) is 22.8 Å². The smallest absolute Gasteiger partial charge is 0.137 e. The molecule has 0 bridgehead atoms. The van der Waals surface area contributed by atoms with Gasteiger partial charge in [-0.25, -0.2) is 9.97 Å². The molecule has 0 N–H and O–H groups in total. The molecule has 0 atom stereocenters. The van der Waals surface area contributed by atoms with Gasteiger partial charge in [0.15, 0.2) is 0 Å². The van der Waals surface area contributed by atoms with E-state index in [1.165, 1.54) is 0 Å². The van der Waals surface area contributed by atoms with E-state index in [2.05, 4.69) is 268 Å². The van der Waals surface area contributed by atoms with Gasteiger partial charge in [0.2, 0.25) is 0 Å². The van der Waals surface area contributed by atoms with Crippen LogP contribution in [0, 0.1) is 0 Å². The number of pyridine rings is 2. The second-order valence-electron chi connectivity index (χ2n) is 16.7. The summed E-state index contributed by atoms with van der Waals surface area (Å²) in [5, 5.41) is 0. The third-order valence-corrected chi connectivity index (χ3v) is 12.6. The highest BCUT2D eigenvalue weighted by molar-refractivity contribution is 5.87. The van der Waals surface area contributed by atoms with Crippen molar-refractivity contribution in [3.63, 3.8) is 0 Å². The summed E-state index contributed by atoms with van der Waals surface area (Å²) in [5.41, 5.74) is 19.0. The molecule has 6 heteroatoms. The van der Waals surface area contributed by atoms with E-state index in [0.717, 1.165) is 102 Å². The fraction of sp³-hybridized carbons (Fsp3) is 0. The fourth-order valence-electron chi connectivity index (χ4n) is 9.33. The van der Waals surface area contributed by atoms with Crippen molar-refractivity contribution in [2.45, 2.75) is 0 Å². The first-order valence-electron chi connectivity index (χ1n) is 22.9. The van der Waals surface area contributed by atoms with Crippen LogP contribution in [0.1, 0.15) is 0 Å². The van der Waals surface area contributed by atoms with Crippen LogP contribution in [0.2, 0.25) is 0 Å². The lowest BCUT2D eigenvalue weighted by Gasteiger charge is -2.26. The quantitative estimate of drug-likeness (QED) is 0.130. The maximum Gasteiger partial charge on any atom is 0.137 e. The molecule has 0 saturated heterocycles. The van der Waals surface area contributed by atoms with Crippen molar-refractivity contribution in [2.24, 2.45) is 0 Å². The molecule has 0 radical (unpaired) electrons. The Hall–Kier alpha value is -9.26. The lowest BCUT2D eigenvalue weighted by atomic mass is 10.0. The Labute approximate surface area is 395 Å². The molecule has 0 aliphatic carbocycles. The van der Waals surface area contributed by atoms with Crippen LogP contribution in [-0.2, 0) is 0 Å². The molecule has 0 aliphatic rings. The Morgan fingerprint density at radius 1 is 0.235 bits per heavy atom. The number of para-hydroxylation sites is 2. The molecule has 6 nitrogen and oxygen atoms in total. The second-order valence-corrected chi connectivity index (χ2v) is 16.7. The van der Waals surface area contributed by atoms with Gasteiger partial charge in [-0.2, -0.15) is 0 Å². The zero-order valence-corrected chi connectivity index (χ0v) is 37.1. The maximum atomic E-state index is 5.11. The van der Waals surface area contributed by atoms with Gasteiger partial charge < -0.3 is 9.80 Å². The first-order chi connectivity index (χ1) is 33.7. The predicted molar refractivity (Wildman–Crippen MR) is 280 cm³/mol. The first kappa shape index (κ1) is 40.3. The van der Waals surface area contributed by atoms with Gasteiger partial charge in [-0.3, -0.25) is 8.80 Å². The molecule has 4 aromatic heterocycles. The molecule has 8 aromatic carbocycles. The average Bonchev–Trinajstić information content (AvgIpc) is 4.01. The Morgan fingerprint density at radius 2 is 0.515 bits per heavy atom. The molecule has 68 heavy (non-hydrogen) atoms. The van der Waals surface area contributed by atoms with Gasteiger partial charge >= 0.3 is 0 Å². The third kappa shape index (κ3) is 7.56. The molecule has 0 amide bonds. The first-order valence-corrected chi connectivity index (χ1v) is 22.9. The highest BCUT2D eigenvalue weighted by Gasteiger charge is 2.20. The van der Waals surface area contributed by atoms with Crippen molar-refractivity contribution in [2.75, 3.05) is 9.80 Å². The molecule has 0 aliphatic heterocycles. The van der Waals surface area contributed by atoms with E-state index in [1.807, 2.05) is 18.2 Å². The number of aromatic nitrogens is 4. The van der Waals surface area contributed by atoms with Crippen molar-refractivity contribution in [1.29, 1.82) is 0 Å². The summed E-state index contributed by atoms with van der Waals surface area (Å²) in [6.07, 6.45) is 4.18. The number of hydrogen-bond donors (Lipinski definition) is 0. The van der Waals surface area contributed by atoms with Crippen LogP contribution in [0.4, 0.5) is 34.1 Å². The Bertz CT molecular complexity index is 3620. The summed E-state index contributed by atoms with van der Waals surface area (Å²) in [5.74, 6) is 0. The minimum absolute atomic E-state index is 0.920. The van der Waals surface area contributed by atoms with Gasteiger partial charge in [-0.05, 0) is 108 Å². The number of nitrogens with zero attached hydrogens (tertiary/aromatic N) is 6. The van der Waals surface area contributed by atoms with Crippen molar-refractivity contribution >= 4 is 45.4 Å². The van der Waals surface area contributed by atoms with E-state index < -0.39 is 0 Å². The van der Waals surface area contributed by atoms with Crippen LogP contribution in [0.5, 0.6) is 0 Å². The normalized spacial score (nSPS) is 11.2. The van der Waals surface area contributed by atoms with Crippen LogP contribution in [0.15, 0.2) is 267 Å².